The van der Waals surface area contributed by atoms with Crippen molar-refractivity contribution < 1.29 is 5.11 Å². The molecule has 0 heterocycles. The van der Waals surface area contributed by atoms with Crippen molar-refractivity contribution >= 4 is 0 Å². The molecule has 0 saturated carbocycles. The second-order valence-corrected chi connectivity index (χ2v) is 7.74. The van der Waals surface area contributed by atoms with Gasteiger partial charge in [-0.3, -0.25) is 0 Å². The molecule has 0 aliphatic carbocycles. The molecule has 1 aromatic rings. The van der Waals surface area contributed by atoms with Crippen LogP contribution in [0.4, 0.5) is 0 Å². The van der Waals surface area contributed by atoms with Crippen LogP contribution in [0.1, 0.15) is 78.1 Å². The van der Waals surface area contributed by atoms with Gasteiger partial charge in [-0.15, -0.1) is 0 Å². The summed E-state index contributed by atoms with van der Waals surface area (Å²) in [6, 6.07) is 4.35. The van der Waals surface area contributed by atoms with E-state index in [9.17, 15) is 5.11 Å². The third-order valence-corrected chi connectivity index (χ3v) is 3.78. The Labute approximate surface area is 124 Å². The number of phenols is 1. The molecule has 1 aromatic carbocycles. The summed E-state index contributed by atoms with van der Waals surface area (Å²) in [4.78, 5) is 0. The van der Waals surface area contributed by atoms with E-state index in [1.165, 1.54) is 11.1 Å². The van der Waals surface area contributed by atoms with Crippen molar-refractivity contribution in [2.75, 3.05) is 6.54 Å². The van der Waals surface area contributed by atoms with Gasteiger partial charge in [0.2, 0.25) is 0 Å². The Hall–Kier alpha value is -1.02. The van der Waals surface area contributed by atoms with Crippen LogP contribution in [0.2, 0.25) is 0 Å². The molecule has 0 bridgehead atoms. The fraction of sp³-hybridized carbons (Fsp3) is 0.667. The third kappa shape index (κ3) is 3.76. The number of aromatic hydroxyl groups is 1. The van der Waals surface area contributed by atoms with Crippen LogP contribution in [0.15, 0.2) is 12.1 Å². The fourth-order valence-corrected chi connectivity index (χ4v) is 2.55. The smallest absolute Gasteiger partial charge is 0.120 e. The Morgan fingerprint density at radius 3 is 2.00 bits per heavy atom. The molecular weight excluding hydrogens is 246 g/mol. The molecular formula is C18H31NO. The molecule has 0 fully saturated rings. The number of hydrogen-bond acceptors (Lipinski definition) is 2. The summed E-state index contributed by atoms with van der Waals surface area (Å²) in [6.07, 6.45) is 0. The topological polar surface area (TPSA) is 32.3 Å². The molecule has 0 radical (unpaired) electrons. The Kier molecular flexibility index (Phi) is 4.91. The van der Waals surface area contributed by atoms with Crippen LogP contribution in [0.3, 0.4) is 0 Å². The molecule has 0 spiro atoms. The number of rotatable bonds is 3. The van der Waals surface area contributed by atoms with Gasteiger partial charge in [0.25, 0.3) is 0 Å². The van der Waals surface area contributed by atoms with Gasteiger partial charge in [-0.1, -0.05) is 54.5 Å². The highest BCUT2D eigenvalue weighted by atomic mass is 16.3. The lowest BCUT2D eigenvalue weighted by Gasteiger charge is -2.30. The average Bonchev–Trinajstić information content (AvgIpc) is 2.25. The molecule has 1 rings (SSSR count). The zero-order chi connectivity index (χ0) is 15.7. The van der Waals surface area contributed by atoms with Crippen molar-refractivity contribution in [2.24, 2.45) is 0 Å². The highest BCUT2D eigenvalue weighted by molar-refractivity contribution is 5.49. The highest BCUT2D eigenvalue weighted by Crippen LogP contribution is 2.39. The summed E-state index contributed by atoms with van der Waals surface area (Å²) >= 11 is 0. The predicted octanol–water partition coefficient (Wildman–Crippen LogP) is 4.66. The molecule has 2 N–H and O–H groups in total. The van der Waals surface area contributed by atoms with Gasteiger partial charge in [0, 0.05) is 11.6 Å². The van der Waals surface area contributed by atoms with Crippen molar-refractivity contribution in [2.45, 2.75) is 72.3 Å². The first-order valence-corrected chi connectivity index (χ1v) is 7.59. The summed E-state index contributed by atoms with van der Waals surface area (Å²) in [7, 11) is 0. The highest BCUT2D eigenvalue weighted by Gasteiger charge is 2.26. The van der Waals surface area contributed by atoms with Gasteiger partial charge in [0.1, 0.15) is 5.75 Å². The van der Waals surface area contributed by atoms with E-state index in [1.807, 2.05) is 6.07 Å². The molecule has 1 atom stereocenters. The van der Waals surface area contributed by atoms with E-state index in [0.717, 1.165) is 12.1 Å². The molecule has 2 heteroatoms. The van der Waals surface area contributed by atoms with Crippen LogP contribution in [0.5, 0.6) is 5.75 Å². The largest absolute Gasteiger partial charge is 0.508 e. The van der Waals surface area contributed by atoms with Gasteiger partial charge in [0.15, 0.2) is 0 Å². The molecule has 0 saturated heterocycles. The quantitative estimate of drug-likeness (QED) is 0.842. The number of nitrogens with one attached hydrogen (secondary N) is 1. The maximum Gasteiger partial charge on any atom is 0.120 e. The maximum absolute atomic E-state index is 10.6. The summed E-state index contributed by atoms with van der Waals surface area (Å²) in [5.74, 6) is 0.413. The average molecular weight is 277 g/mol. The normalized spacial score (nSPS) is 14.4. The molecule has 0 aliphatic heterocycles. The van der Waals surface area contributed by atoms with E-state index in [2.05, 4.69) is 66.8 Å². The minimum absolute atomic E-state index is 0.0117. The first-order valence-electron chi connectivity index (χ1n) is 7.59. The molecule has 2 nitrogen and oxygen atoms in total. The summed E-state index contributed by atoms with van der Waals surface area (Å²) < 4.78 is 0. The Balaban J connectivity index is 3.52. The lowest BCUT2D eigenvalue weighted by Crippen LogP contribution is -2.24. The van der Waals surface area contributed by atoms with E-state index < -0.39 is 0 Å². The predicted molar refractivity (Wildman–Crippen MR) is 87.6 cm³/mol. The SMILES string of the molecule is CCNC(C)c1c(O)cc(C(C)(C)C)cc1C(C)(C)C. The molecule has 1 unspecified atom stereocenters. The molecule has 0 amide bonds. The molecule has 20 heavy (non-hydrogen) atoms. The fourth-order valence-electron chi connectivity index (χ4n) is 2.55. The molecule has 114 valence electrons. The molecule has 0 aliphatic rings. The maximum atomic E-state index is 10.6. The van der Waals surface area contributed by atoms with Crippen molar-refractivity contribution in [3.8, 4) is 5.75 Å². The van der Waals surface area contributed by atoms with Gasteiger partial charge >= 0.3 is 0 Å². The van der Waals surface area contributed by atoms with E-state index in [0.29, 0.717) is 5.75 Å². The minimum Gasteiger partial charge on any atom is -0.508 e. The van der Waals surface area contributed by atoms with Crippen LogP contribution >= 0.6 is 0 Å². The zero-order valence-corrected chi connectivity index (χ0v) is 14.4. The van der Waals surface area contributed by atoms with Gasteiger partial charge in [0.05, 0.1) is 0 Å². The molecule has 0 aromatic heterocycles. The Morgan fingerprint density at radius 2 is 1.60 bits per heavy atom. The van der Waals surface area contributed by atoms with Gasteiger partial charge in [-0.2, -0.15) is 0 Å². The summed E-state index contributed by atoms with van der Waals surface area (Å²) in [5.41, 5.74) is 3.51. The second-order valence-electron chi connectivity index (χ2n) is 7.74. The third-order valence-electron chi connectivity index (χ3n) is 3.78. The number of hydrogen-bond donors (Lipinski definition) is 2. The van der Waals surface area contributed by atoms with E-state index in [4.69, 9.17) is 0 Å². The van der Waals surface area contributed by atoms with Crippen LogP contribution < -0.4 is 5.32 Å². The van der Waals surface area contributed by atoms with Crippen LogP contribution in [-0.4, -0.2) is 11.7 Å². The lowest BCUT2D eigenvalue weighted by molar-refractivity contribution is 0.440. The van der Waals surface area contributed by atoms with Crippen molar-refractivity contribution in [1.29, 1.82) is 0 Å². The van der Waals surface area contributed by atoms with Crippen molar-refractivity contribution in [3.63, 3.8) is 0 Å². The van der Waals surface area contributed by atoms with Gasteiger partial charge < -0.3 is 10.4 Å². The van der Waals surface area contributed by atoms with Gasteiger partial charge in [-0.25, -0.2) is 0 Å². The van der Waals surface area contributed by atoms with Gasteiger partial charge in [-0.05, 0) is 41.5 Å². The van der Waals surface area contributed by atoms with Crippen molar-refractivity contribution in [3.05, 3.63) is 28.8 Å². The zero-order valence-electron chi connectivity index (χ0n) is 14.4. The van der Waals surface area contributed by atoms with E-state index in [-0.39, 0.29) is 16.9 Å². The number of benzene rings is 1. The van der Waals surface area contributed by atoms with E-state index >= 15 is 0 Å². The Bertz CT molecular complexity index is 464. The minimum atomic E-state index is 0.0117. The summed E-state index contributed by atoms with van der Waals surface area (Å²) in [5, 5.41) is 14.0. The second kappa shape index (κ2) is 5.77. The van der Waals surface area contributed by atoms with E-state index in [1.54, 1.807) is 0 Å². The standard InChI is InChI=1S/C18H31NO/c1-9-19-12(2)16-14(18(6,7)8)10-13(11-15(16)20)17(3,4)5/h10-12,19-20H,9H2,1-8H3. The Morgan fingerprint density at radius 1 is 1.05 bits per heavy atom. The summed E-state index contributed by atoms with van der Waals surface area (Å²) in [6.45, 7) is 18.3. The van der Waals surface area contributed by atoms with Crippen molar-refractivity contribution in [1.82, 2.24) is 5.32 Å². The lowest BCUT2D eigenvalue weighted by atomic mass is 9.77. The van der Waals surface area contributed by atoms with Crippen LogP contribution in [0, 0.1) is 0 Å². The van der Waals surface area contributed by atoms with Crippen LogP contribution in [0.25, 0.3) is 0 Å². The first kappa shape index (κ1) is 17.0. The number of phenolic OH excluding ortho intramolecular Hbond substituents is 1. The first-order chi connectivity index (χ1) is 8.98. The van der Waals surface area contributed by atoms with Crippen LogP contribution in [-0.2, 0) is 10.8 Å². The monoisotopic (exact) mass is 277 g/mol.